The molecule has 1 heterocycles. The maximum absolute atomic E-state index is 13.4. The fourth-order valence-electron chi connectivity index (χ4n) is 2.32. The normalized spacial score (nSPS) is 16.6. The Bertz CT molecular complexity index is 579. The number of hydrogen-bond donors (Lipinski definition) is 1. The SMILES string of the molecule is CN1CCCN(C(=O)c2cc(N)c(F)cc2[N+](=O)[O-])CC1. The summed E-state index contributed by atoms with van der Waals surface area (Å²) in [6.07, 6.45) is 0.784. The maximum atomic E-state index is 13.4. The molecule has 0 bridgehead atoms. The number of nitrogen functional groups attached to an aromatic ring is 1. The van der Waals surface area contributed by atoms with Gasteiger partial charge in [0.2, 0.25) is 0 Å². The Balaban J connectivity index is 2.34. The Morgan fingerprint density at radius 2 is 2.05 bits per heavy atom. The molecule has 0 spiro atoms. The first kappa shape index (κ1) is 15.2. The number of hydrogen-bond acceptors (Lipinski definition) is 5. The quantitative estimate of drug-likeness (QED) is 0.501. The topological polar surface area (TPSA) is 92.7 Å². The lowest BCUT2D eigenvalue weighted by Gasteiger charge is -2.20. The van der Waals surface area contributed by atoms with Crippen molar-refractivity contribution in [2.24, 2.45) is 0 Å². The minimum Gasteiger partial charge on any atom is -0.396 e. The van der Waals surface area contributed by atoms with E-state index in [1.807, 2.05) is 7.05 Å². The minimum absolute atomic E-state index is 0.163. The summed E-state index contributed by atoms with van der Waals surface area (Å²) in [5, 5.41) is 11.0. The second kappa shape index (κ2) is 6.04. The molecule has 0 unspecified atom stereocenters. The van der Waals surface area contributed by atoms with Gasteiger partial charge in [0.1, 0.15) is 5.56 Å². The molecular weight excluding hydrogens is 279 g/mol. The second-order valence-corrected chi connectivity index (χ2v) is 5.10. The number of amides is 1. The van der Waals surface area contributed by atoms with Gasteiger partial charge in [-0.2, -0.15) is 0 Å². The summed E-state index contributed by atoms with van der Waals surface area (Å²) in [6.45, 7) is 2.54. The molecule has 8 heteroatoms. The molecule has 0 radical (unpaired) electrons. The Morgan fingerprint density at radius 3 is 2.71 bits per heavy atom. The van der Waals surface area contributed by atoms with Gasteiger partial charge in [0.15, 0.2) is 5.82 Å². The van der Waals surface area contributed by atoms with Gasteiger partial charge >= 0.3 is 0 Å². The van der Waals surface area contributed by atoms with Crippen molar-refractivity contribution >= 4 is 17.3 Å². The molecule has 114 valence electrons. The first-order valence-electron chi connectivity index (χ1n) is 6.61. The van der Waals surface area contributed by atoms with Crippen LogP contribution >= 0.6 is 0 Å². The summed E-state index contributed by atoms with van der Waals surface area (Å²) in [6, 6.07) is 1.75. The average molecular weight is 296 g/mol. The molecule has 21 heavy (non-hydrogen) atoms. The first-order valence-corrected chi connectivity index (χ1v) is 6.61. The van der Waals surface area contributed by atoms with Crippen molar-refractivity contribution < 1.29 is 14.1 Å². The van der Waals surface area contributed by atoms with Gasteiger partial charge in [0, 0.05) is 19.6 Å². The highest BCUT2D eigenvalue weighted by molar-refractivity contribution is 5.99. The third-order valence-electron chi connectivity index (χ3n) is 3.55. The summed E-state index contributed by atoms with van der Waals surface area (Å²) in [5.41, 5.74) is 4.45. The van der Waals surface area contributed by atoms with Crippen molar-refractivity contribution in [2.75, 3.05) is 39.0 Å². The van der Waals surface area contributed by atoms with Crippen molar-refractivity contribution in [1.82, 2.24) is 9.80 Å². The van der Waals surface area contributed by atoms with Crippen LogP contribution in [0.25, 0.3) is 0 Å². The van der Waals surface area contributed by atoms with Crippen LogP contribution in [0, 0.1) is 15.9 Å². The predicted molar refractivity (Wildman–Crippen MR) is 75.5 cm³/mol. The third kappa shape index (κ3) is 3.27. The molecule has 1 aliphatic heterocycles. The van der Waals surface area contributed by atoms with Crippen molar-refractivity contribution in [2.45, 2.75) is 6.42 Å². The molecular formula is C13H17FN4O3. The molecule has 1 amide bonds. The van der Waals surface area contributed by atoms with E-state index < -0.39 is 22.3 Å². The van der Waals surface area contributed by atoms with Crippen LogP contribution in [0.4, 0.5) is 15.8 Å². The molecule has 1 aromatic rings. The standard InChI is InChI=1S/C13H17FN4O3/c1-16-3-2-4-17(6-5-16)13(19)9-7-11(15)10(14)8-12(9)18(20)21/h7-8H,2-6,15H2,1H3. The van der Waals surface area contributed by atoms with Crippen LogP contribution in [-0.4, -0.2) is 53.9 Å². The molecule has 2 N–H and O–H groups in total. The van der Waals surface area contributed by atoms with Crippen molar-refractivity contribution in [1.29, 1.82) is 0 Å². The van der Waals surface area contributed by atoms with Crippen LogP contribution in [-0.2, 0) is 0 Å². The lowest BCUT2D eigenvalue weighted by molar-refractivity contribution is -0.385. The van der Waals surface area contributed by atoms with Crippen molar-refractivity contribution in [3.63, 3.8) is 0 Å². The summed E-state index contributed by atoms with van der Waals surface area (Å²) >= 11 is 0. The van der Waals surface area contributed by atoms with Gasteiger partial charge < -0.3 is 15.5 Å². The lowest BCUT2D eigenvalue weighted by Crippen LogP contribution is -2.35. The number of benzene rings is 1. The average Bonchev–Trinajstić information content (AvgIpc) is 2.65. The molecule has 0 aromatic heterocycles. The van der Waals surface area contributed by atoms with E-state index in [-0.39, 0.29) is 11.3 Å². The Kier molecular flexibility index (Phi) is 4.37. The van der Waals surface area contributed by atoms with Crippen molar-refractivity contribution in [3.05, 3.63) is 33.6 Å². The highest BCUT2D eigenvalue weighted by Crippen LogP contribution is 2.26. The minimum atomic E-state index is -0.895. The fraction of sp³-hybridized carbons (Fsp3) is 0.462. The summed E-state index contributed by atoms with van der Waals surface area (Å²) in [4.78, 5) is 26.3. The van der Waals surface area contributed by atoms with E-state index in [0.29, 0.717) is 25.7 Å². The third-order valence-corrected chi connectivity index (χ3v) is 3.55. The second-order valence-electron chi connectivity index (χ2n) is 5.10. The molecule has 1 aliphatic rings. The maximum Gasteiger partial charge on any atom is 0.285 e. The number of nitrogens with two attached hydrogens (primary N) is 1. The Labute approximate surface area is 121 Å². The molecule has 2 rings (SSSR count). The zero-order chi connectivity index (χ0) is 15.6. The van der Waals surface area contributed by atoms with Crippen LogP contribution in [0.1, 0.15) is 16.8 Å². The number of anilines is 1. The summed E-state index contributed by atoms with van der Waals surface area (Å²) < 4.78 is 13.4. The molecule has 7 nitrogen and oxygen atoms in total. The number of rotatable bonds is 2. The van der Waals surface area contributed by atoms with Gasteiger partial charge in [0.25, 0.3) is 11.6 Å². The Morgan fingerprint density at radius 1 is 1.33 bits per heavy atom. The highest BCUT2D eigenvalue weighted by Gasteiger charge is 2.27. The summed E-state index contributed by atoms with van der Waals surface area (Å²) in [7, 11) is 1.95. The van der Waals surface area contributed by atoms with E-state index in [4.69, 9.17) is 5.73 Å². The molecule has 1 aromatic carbocycles. The van der Waals surface area contributed by atoms with Gasteiger partial charge in [-0.05, 0) is 26.1 Å². The fourth-order valence-corrected chi connectivity index (χ4v) is 2.32. The number of halogens is 1. The van der Waals surface area contributed by atoms with Gasteiger partial charge in [-0.1, -0.05) is 0 Å². The van der Waals surface area contributed by atoms with E-state index >= 15 is 0 Å². The number of likely N-dealkylation sites (N-methyl/N-ethyl adjacent to an activating group) is 1. The van der Waals surface area contributed by atoms with Gasteiger partial charge in [0.05, 0.1) is 16.7 Å². The van der Waals surface area contributed by atoms with E-state index in [1.54, 1.807) is 4.90 Å². The largest absolute Gasteiger partial charge is 0.396 e. The van der Waals surface area contributed by atoms with Gasteiger partial charge in [-0.3, -0.25) is 14.9 Å². The summed E-state index contributed by atoms with van der Waals surface area (Å²) in [5.74, 6) is -1.38. The smallest absolute Gasteiger partial charge is 0.285 e. The van der Waals surface area contributed by atoms with Gasteiger partial charge in [-0.15, -0.1) is 0 Å². The van der Waals surface area contributed by atoms with E-state index in [1.165, 1.54) is 0 Å². The molecule has 0 atom stereocenters. The van der Waals surface area contributed by atoms with E-state index in [9.17, 15) is 19.3 Å². The zero-order valence-electron chi connectivity index (χ0n) is 11.7. The highest BCUT2D eigenvalue weighted by atomic mass is 19.1. The number of carbonyl (C=O) groups excluding carboxylic acids is 1. The van der Waals surface area contributed by atoms with Crippen LogP contribution in [0.3, 0.4) is 0 Å². The number of carbonyl (C=O) groups is 1. The van der Waals surface area contributed by atoms with Gasteiger partial charge in [-0.25, -0.2) is 4.39 Å². The molecule has 1 saturated heterocycles. The molecule has 0 aliphatic carbocycles. The lowest BCUT2D eigenvalue weighted by atomic mass is 10.1. The van der Waals surface area contributed by atoms with E-state index in [0.717, 1.165) is 19.0 Å². The van der Waals surface area contributed by atoms with E-state index in [2.05, 4.69) is 4.90 Å². The zero-order valence-corrected chi connectivity index (χ0v) is 11.7. The molecule has 1 fully saturated rings. The Hall–Kier alpha value is -2.22. The van der Waals surface area contributed by atoms with Crippen LogP contribution < -0.4 is 5.73 Å². The van der Waals surface area contributed by atoms with Crippen LogP contribution in [0.2, 0.25) is 0 Å². The van der Waals surface area contributed by atoms with Crippen molar-refractivity contribution in [3.8, 4) is 0 Å². The number of nitro benzene ring substituents is 1. The predicted octanol–water partition coefficient (Wildman–Crippen LogP) is 1.09. The van der Waals surface area contributed by atoms with Crippen LogP contribution in [0.15, 0.2) is 12.1 Å². The number of nitrogens with zero attached hydrogens (tertiary/aromatic N) is 3. The monoisotopic (exact) mass is 296 g/mol. The molecule has 0 saturated carbocycles. The first-order chi connectivity index (χ1) is 9.90. The number of nitro groups is 1. The van der Waals surface area contributed by atoms with Crippen LogP contribution in [0.5, 0.6) is 0 Å².